The van der Waals surface area contributed by atoms with E-state index in [0.29, 0.717) is 18.7 Å². The Balaban J connectivity index is 1.50. The first-order valence-electron chi connectivity index (χ1n) is 10.2. The van der Waals surface area contributed by atoms with Gasteiger partial charge < -0.3 is 4.74 Å². The SMILES string of the molecule is Cc1cc(C)c2sc(N(CC3CCCO3)C(=O)CCSc3ccc(F)cc3)nc2c1. The zero-order valence-electron chi connectivity index (χ0n) is 17.2. The van der Waals surface area contributed by atoms with E-state index in [9.17, 15) is 9.18 Å². The van der Waals surface area contributed by atoms with Crippen molar-refractivity contribution < 1.29 is 13.9 Å². The van der Waals surface area contributed by atoms with Crippen LogP contribution in [0.1, 0.15) is 30.4 Å². The van der Waals surface area contributed by atoms with Crippen LogP contribution in [0, 0.1) is 19.7 Å². The number of hydrogen-bond acceptors (Lipinski definition) is 5. The third-order valence-electron chi connectivity index (χ3n) is 5.15. The van der Waals surface area contributed by atoms with Gasteiger partial charge in [0.1, 0.15) is 5.82 Å². The number of rotatable bonds is 7. The first-order chi connectivity index (χ1) is 14.5. The molecule has 0 saturated carbocycles. The van der Waals surface area contributed by atoms with E-state index in [1.807, 2.05) is 0 Å². The lowest BCUT2D eigenvalue weighted by Gasteiger charge is -2.23. The van der Waals surface area contributed by atoms with Gasteiger partial charge in [-0.3, -0.25) is 9.69 Å². The maximum absolute atomic E-state index is 13.2. The van der Waals surface area contributed by atoms with E-state index in [-0.39, 0.29) is 17.8 Å². The molecule has 1 amide bonds. The predicted molar refractivity (Wildman–Crippen MR) is 122 cm³/mol. The number of benzene rings is 2. The second-order valence-electron chi connectivity index (χ2n) is 7.62. The Morgan fingerprint density at radius 3 is 2.83 bits per heavy atom. The number of aryl methyl sites for hydroxylation is 2. The van der Waals surface area contributed by atoms with Gasteiger partial charge in [-0.1, -0.05) is 17.4 Å². The molecule has 3 aromatic rings. The highest BCUT2D eigenvalue weighted by Gasteiger charge is 2.26. The van der Waals surface area contributed by atoms with E-state index in [1.54, 1.807) is 40.1 Å². The molecule has 1 aromatic heterocycles. The molecule has 1 fully saturated rings. The molecule has 1 saturated heterocycles. The van der Waals surface area contributed by atoms with Gasteiger partial charge in [0.25, 0.3) is 0 Å². The quantitative estimate of drug-likeness (QED) is 0.436. The summed E-state index contributed by atoms with van der Waals surface area (Å²) in [5.41, 5.74) is 3.30. The molecule has 0 spiro atoms. The molecule has 0 bridgehead atoms. The van der Waals surface area contributed by atoms with Crippen LogP contribution in [0.15, 0.2) is 41.3 Å². The number of nitrogens with zero attached hydrogens (tertiary/aromatic N) is 2. The standard InChI is InChI=1S/C23H25FN2O2S2/c1-15-12-16(2)22-20(13-15)25-23(30-22)26(14-18-4-3-10-28-18)21(27)9-11-29-19-7-5-17(24)6-8-19/h5-8,12-13,18H,3-4,9-11,14H2,1-2H3. The summed E-state index contributed by atoms with van der Waals surface area (Å²) in [7, 11) is 0. The number of thiazole rings is 1. The van der Waals surface area contributed by atoms with Crippen molar-refractivity contribution in [2.24, 2.45) is 0 Å². The molecule has 2 aromatic carbocycles. The van der Waals surface area contributed by atoms with Crippen LogP contribution < -0.4 is 4.90 Å². The average molecular weight is 445 g/mol. The minimum absolute atomic E-state index is 0.0496. The van der Waals surface area contributed by atoms with E-state index in [2.05, 4.69) is 26.0 Å². The summed E-state index contributed by atoms with van der Waals surface area (Å²) < 4.78 is 20.0. The number of carbonyl (C=O) groups excluding carboxylic acids is 1. The molecular weight excluding hydrogens is 419 g/mol. The van der Waals surface area contributed by atoms with Gasteiger partial charge in [0.15, 0.2) is 5.13 Å². The molecule has 30 heavy (non-hydrogen) atoms. The Bertz CT molecular complexity index is 1030. The van der Waals surface area contributed by atoms with Crippen LogP contribution in [0.3, 0.4) is 0 Å². The monoisotopic (exact) mass is 444 g/mol. The summed E-state index contributed by atoms with van der Waals surface area (Å²) in [5.74, 6) is 0.434. The Labute approximate surface area is 184 Å². The van der Waals surface area contributed by atoms with Crippen LogP contribution in [-0.4, -0.2) is 35.9 Å². The van der Waals surface area contributed by atoms with Gasteiger partial charge in [-0.2, -0.15) is 0 Å². The third-order valence-corrected chi connectivity index (χ3v) is 7.39. The minimum atomic E-state index is -0.250. The minimum Gasteiger partial charge on any atom is -0.376 e. The molecule has 158 valence electrons. The molecular formula is C23H25FN2O2S2. The summed E-state index contributed by atoms with van der Waals surface area (Å²) in [4.78, 5) is 20.7. The van der Waals surface area contributed by atoms with Crippen LogP contribution in [0.5, 0.6) is 0 Å². The summed E-state index contributed by atoms with van der Waals surface area (Å²) in [5, 5.41) is 0.742. The number of amides is 1. The number of anilines is 1. The summed E-state index contributed by atoms with van der Waals surface area (Å²) in [6.45, 7) is 5.44. The molecule has 1 aliphatic heterocycles. The van der Waals surface area contributed by atoms with Crippen molar-refractivity contribution in [3.05, 3.63) is 53.3 Å². The molecule has 1 atom stereocenters. The second kappa shape index (κ2) is 9.45. The molecule has 4 nitrogen and oxygen atoms in total. The van der Waals surface area contributed by atoms with Crippen molar-refractivity contribution >= 4 is 44.4 Å². The Kier molecular flexibility index (Phi) is 6.71. The van der Waals surface area contributed by atoms with Gasteiger partial charge in [0.05, 0.1) is 22.9 Å². The van der Waals surface area contributed by atoms with E-state index >= 15 is 0 Å². The third kappa shape index (κ3) is 5.02. The van der Waals surface area contributed by atoms with Gasteiger partial charge in [-0.05, 0) is 68.1 Å². The number of carbonyl (C=O) groups is 1. The fraction of sp³-hybridized carbons (Fsp3) is 0.391. The van der Waals surface area contributed by atoms with Crippen LogP contribution >= 0.6 is 23.1 Å². The van der Waals surface area contributed by atoms with Crippen molar-refractivity contribution in [1.82, 2.24) is 4.98 Å². The Hall–Kier alpha value is -1.96. The molecule has 1 aliphatic rings. The van der Waals surface area contributed by atoms with Crippen molar-refractivity contribution in [2.75, 3.05) is 23.8 Å². The van der Waals surface area contributed by atoms with Crippen molar-refractivity contribution in [3.63, 3.8) is 0 Å². The summed E-state index contributed by atoms with van der Waals surface area (Å²) in [6, 6.07) is 10.6. The second-order valence-corrected chi connectivity index (χ2v) is 9.76. The molecule has 1 unspecified atom stereocenters. The summed E-state index contributed by atoms with van der Waals surface area (Å²) in [6.07, 6.45) is 2.46. The predicted octanol–water partition coefficient (Wildman–Crippen LogP) is 5.75. The topological polar surface area (TPSA) is 42.4 Å². The van der Waals surface area contributed by atoms with Crippen LogP contribution in [-0.2, 0) is 9.53 Å². The highest BCUT2D eigenvalue weighted by molar-refractivity contribution is 7.99. The maximum Gasteiger partial charge on any atom is 0.229 e. The van der Waals surface area contributed by atoms with Gasteiger partial charge in [-0.15, -0.1) is 11.8 Å². The van der Waals surface area contributed by atoms with Gasteiger partial charge >= 0.3 is 0 Å². The van der Waals surface area contributed by atoms with Gasteiger partial charge in [0.2, 0.25) is 5.91 Å². The van der Waals surface area contributed by atoms with Crippen LogP contribution in [0.2, 0.25) is 0 Å². The lowest BCUT2D eigenvalue weighted by atomic mass is 10.1. The lowest BCUT2D eigenvalue weighted by Crippen LogP contribution is -2.37. The number of aromatic nitrogens is 1. The number of fused-ring (bicyclic) bond motifs is 1. The Morgan fingerprint density at radius 2 is 2.10 bits per heavy atom. The highest BCUT2D eigenvalue weighted by atomic mass is 32.2. The zero-order valence-corrected chi connectivity index (χ0v) is 18.8. The smallest absolute Gasteiger partial charge is 0.229 e. The van der Waals surface area contributed by atoms with E-state index in [4.69, 9.17) is 9.72 Å². The number of hydrogen-bond donors (Lipinski definition) is 0. The normalized spacial score (nSPS) is 16.3. The van der Waals surface area contributed by atoms with E-state index < -0.39 is 0 Å². The molecule has 0 aliphatic carbocycles. The molecule has 0 N–H and O–H groups in total. The van der Waals surface area contributed by atoms with E-state index in [0.717, 1.165) is 39.7 Å². The molecule has 7 heteroatoms. The Morgan fingerprint density at radius 1 is 1.30 bits per heavy atom. The van der Waals surface area contributed by atoms with E-state index in [1.165, 1.54) is 23.3 Å². The van der Waals surface area contributed by atoms with Crippen molar-refractivity contribution in [3.8, 4) is 0 Å². The number of ether oxygens (including phenoxy) is 1. The van der Waals surface area contributed by atoms with Crippen LogP contribution in [0.25, 0.3) is 10.2 Å². The molecule has 4 rings (SSSR count). The number of halogens is 1. The number of thioether (sulfide) groups is 1. The fourth-order valence-electron chi connectivity index (χ4n) is 3.68. The largest absolute Gasteiger partial charge is 0.376 e. The summed E-state index contributed by atoms with van der Waals surface area (Å²) >= 11 is 3.13. The van der Waals surface area contributed by atoms with Crippen molar-refractivity contribution in [1.29, 1.82) is 0 Å². The maximum atomic E-state index is 13.2. The first-order valence-corrected chi connectivity index (χ1v) is 12.0. The van der Waals surface area contributed by atoms with Crippen molar-refractivity contribution in [2.45, 2.75) is 44.1 Å². The highest BCUT2D eigenvalue weighted by Crippen LogP contribution is 2.33. The van der Waals surface area contributed by atoms with Gasteiger partial charge in [-0.25, -0.2) is 9.37 Å². The average Bonchev–Trinajstić information content (AvgIpc) is 3.37. The lowest BCUT2D eigenvalue weighted by molar-refractivity contribution is -0.118. The molecule has 0 radical (unpaired) electrons. The fourth-order valence-corrected chi connectivity index (χ4v) is 5.56. The van der Waals surface area contributed by atoms with Gasteiger partial charge in [0, 0.05) is 23.7 Å². The molecule has 2 heterocycles. The van der Waals surface area contributed by atoms with Crippen LogP contribution in [0.4, 0.5) is 9.52 Å². The zero-order chi connectivity index (χ0) is 21.1. The first kappa shape index (κ1) is 21.3.